The number of hydrogen-bond acceptors (Lipinski definition) is 8. The molecular weight excluding hydrogens is 456 g/mol. The lowest BCUT2D eigenvalue weighted by molar-refractivity contribution is -0.300. The first-order valence-corrected chi connectivity index (χ1v) is 10.4. The number of likely N-dealkylation sites (N-methyl/N-ethyl adjacent to an activating group) is 1. The number of amides is 1. The van der Waals surface area contributed by atoms with E-state index in [0.717, 1.165) is 0 Å². The summed E-state index contributed by atoms with van der Waals surface area (Å²) in [4.78, 5) is 30.4. The highest BCUT2D eigenvalue weighted by Gasteiger charge is 2.49. The number of benzene rings is 2. The molecule has 1 saturated heterocycles. The van der Waals surface area contributed by atoms with Crippen molar-refractivity contribution in [1.29, 1.82) is 0 Å². The van der Waals surface area contributed by atoms with Crippen molar-refractivity contribution < 1.29 is 39.5 Å². The molecule has 10 nitrogen and oxygen atoms in total. The fraction of sp³-hybridized carbons (Fsp3) is 0.318. The second kappa shape index (κ2) is 9.18. The van der Waals surface area contributed by atoms with Gasteiger partial charge < -0.3 is 34.8 Å². The molecule has 4 N–H and O–H groups in total. The van der Waals surface area contributed by atoms with E-state index in [1.807, 2.05) is 6.07 Å². The van der Waals surface area contributed by atoms with Crippen LogP contribution < -0.4 is 4.90 Å². The summed E-state index contributed by atoms with van der Waals surface area (Å²) in [7, 11) is 1.51. The highest BCUT2D eigenvalue weighted by Crippen LogP contribution is 2.32. The Morgan fingerprint density at radius 1 is 1.09 bits per heavy atom. The number of nitrogens with zero attached hydrogens (tertiary/aromatic N) is 2. The number of carboxylic acids is 1. The molecule has 0 saturated carbocycles. The molecule has 0 spiro atoms. The minimum Gasteiger partial charge on any atom is -0.479 e. The van der Waals surface area contributed by atoms with E-state index >= 15 is 0 Å². The largest absolute Gasteiger partial charge is 0.479 e. The van der Waals surface area contributed by atoms with Crippen LogP contribution in [-0.2, 0) is 19.1 Å². The normalized spacial score (nSPS) is 29.8. The van der Waals surface area contributed by atoms with Gasteiger partial charge in [-0.3, -0.25) is 4.79 Å². The predicted molar refractivity (Wildman–Crippen MR) is 116 cm³/mol. The monoisotopic (exact) mass is 476 g/mol. The Balaban J connectivity index is 1.76. The van der Waals surface area contributed by atoms with E-state index < -0.39 is 48.8 Å². The van der Waals surface area contributed by atoms with Crippen LogP contribution in [0.5, 0.6) is 0 Å². The van der Waals surface area contributed by atoms with Crippen LogP contribution in [0.15, 0.2) is 53.5 Å². The van der Waals surface area contributed by atoms with Crippen molar-refractivity contribution in [2.75, 3.05) is 11.9 Å². The molecule has 1 amide bonds. The Kier molecular flexibility index (Phi) is 6.48. The summed E-state index contributed by atoms with van der Waals surface area (Å²) in [5, 5.41) is 40.0. The number of aliphatic hydroxyl groups excluding tert-OH is 3. The summed E-state index contributed by atoms with van der Waals surface area (Å²) < 4.78 is 10.8. The van der Waals surface area contributed by atoms with Gasteiger partial charge in [0, 0.05) is 23.2 Å². The maximum atomic E-state index is 13.2. The number of hydrogen-bond donors (Lipinski definition) is 4. The molecular formula is C22H21ClN2O8. The van der Waals surface area contributed by atoms with E-state index in [2.05, 4.69) is 4.99 Å². The Morgan fingerprint density at radius 2 is 1.79 bits per heavy atom. The van der Waals surface area contributed by atoms with Gasteiger partial charge in [0.05, 0.1) is 11.4 Å². The average molecular weight is 477 g/mol. The Bertz CT molecular complexity index is 1100. The van der Waals surface area contributed by atoms with Crippen LogP contribution in [0.4, 0.5) is 5.69 Å². The van der Waals surface area contributed by atoms with E-state index in [1.165, 1.54) is 11.9 Å². The summed E-state index contributed by atoms with van der Waals surface area (Å²) in [6.45, 7) is 0. The Hall–Kier alpha value is -2.86. The van der Waals surface area contributed by atoms with Gasteiger partial charge in [-0.15, -0.1) is 0 Å². The molecule has 4 rings (SSSR count). The number of aliphatic carboxylic acids is 1. The molecule has 2 heterocycles. The van der Waals surface area contributed by atoms with Crippen LogP contribution in [0.2, 0.25) is 5.02 Å². The van der Waals surface area contributed by atoms with Crippen molar-refractivity contribution in [2.45, 2.75) is 36.9 Å². The van der Waals surface area contributed by atoms with Crippen molar-refractivity contribution in [3.8, 4) is 0 Å². The summed E-state index contributed by atoms with van der Waals surface area (Å²) >= 11 is 6.20. The van der Waals surface area contributed by atoms with Crippen LogP contribution >= 0.6 is 11.6 Å². The third kappa shape index (κ3) is 4.36. The topological polar surface area (TPSA) is 149 Å². The summed E-state index contributed by atoms with van der Waals surface area (Å²) in [5.74, 6) is -2.20. The van der Waals surface area contributed by atoms with Crippen molar-refractivity contribution in [3.05, 3.63) is 64.7 Å². The van der Waals surface area contributed by atoms with Crippen LogP contribution in [-0.4, -0.2) is 82.0 Å². The van der Waals surface area contributed by atoms with Crippen LogP contribution in [0.25, 0.3) is 0 Å². The number of aliphatic imine (C=N–C) groups is 1. The summed E-state index contributed by atoms with van der Waals surface area (Å²) in [5.41, 5.74) is 2.08. The molecule has 33 heavy (non-hydrogen) atoms. The maximum Gasteiger partial charge on any atom is 0.335 e. The zero-order chi connectivity index (χ0) is 23.9. The highest BCUT2D eigenvalue weighted by molar-refractivity contribution is 6.32. The molecule has 11 heteroatoms. The van der Waals surface area contributed by atoms with Crippen molar-refractivity contribution in [2.24, 2.45) is 4.99 Å². The van der Waals surface area contributed by atoms with E-state index in [9.17, 15) is 30.0 Å². The molecule has 0 bridgehead atoms. The zero-order valence-electron chi connectivity index (χ0n) is 17.3. The smallest absolute Gasteiger partial charge is 0.335 e. The third-order valence-corrected chi connectivity index (χ3v) is 5.72. The second-order valence-electron chi connectivity index (χ2n) is 7.63. The fourth-order valence-corrected chi connectivity index (χ4v) is 3.90. The Labute approximate surface area is 193 Å². The average Bonchev–Trinajstić information content (AvgIpc) is 2.90. The molecule has 2 aromatic rings. The van der Waals surface area contributed by atoms with Crippen LogP contribution in [0.1, 0.15) is 11.1 Å². The molecule has 0 aromatic heterocycles. The summed E-state index contributed by atoms with van der Waals surface area (Å²) in [6.07, 6.45) is -10.8. The van der Waals surface area contributed by atoms with E-state index in [4.69, 9.17) is 21.1 Å². The van der Waals surface area contributed by atoms with E-state index in [0.29, 0.717) is 27.5 Å². The number of carbonyl (C=O) groups excluding carboxylic acids is 1. The molecule has 2 aliphatic heterocycles. The standard InChI is InChI=1S/C22H21ClN2O8/c1-25-13-8-7-11(23)9-12(13)14(10-5-3-2-4-6-10)24-19(20(25)29)33-22-17(28)15(26)16(27)18(32-22)21(30)31/h2-9,15-19,22,26-28H,1H3,(H,30,31)/t15-,16-,17+,18-,19?,22?/m0/s1. The lowest BCUT2D eigenvalue weighted by atomic mass is 9.99. The number of carbonyl (C=O) groups is 2. The molecule has 2 unspecified atom stereocenters. The molecule has 0 aliphatic carbocycles. The Morgan fingerprint density at radius 3 is 2.45 bits per heavy atom. The molecule has 2 aromatic carbocycles. The van der Waals surface area contributed by atoms with Gasteiger partial charge in [0.25, 0.3) is 5.91 Å². The van der Waals surface area contributed by atoms with Crippen LogP contribution in [0.3, 0.4) is 0 Å². The number of benzodiazepines with no additional fused rings is 1. The molecule has 1 fully saturated rings. The highest BCUT2D eigenvalue weighted by atomic mass is 35.5. The van der Waals surface area contributed by atoms with Gasteiger partial charge in [0.15, 0.2) is 12.4 Å². The number of halogens is 1. The molecule has 6 atom stereocenters. The van der Waals surface area contributed by atoms with Gasteiger partial charge in [-0.25, -0.2) is 9.79 Å². The lowest BCUT2D eigenvalue weighted by Crippen LogP contribution is -2.61. The first-order chi connectivity index (χ1) is 15.7. The minimum atomic E-state index is -1.89. The van der Waals surface area contributed by atoms with Gasteiger partial charge in [0.1, 0.15) is 18.3 Å². The van der Waals surface area contributed by atoms with Crippen molar-refractivity contribution >= 4 is 34.9 Å². The summed E-state index contributed by atoms with van der Waals surface area (Å²) in [6, 6.07) is 13.9. The van der Waals surface area contributed by atoms with Gasteiger partial charge in [0.2, 0.25) is 6.23 Å². The predicted octanol–water partition coefficient (Wildman–Crippen LogP) is 0.389. The van der Waals surface area contributed by atoms with Crippen LogP contribution in [0, 0.1) is 0 Å². The van der Waals surface area contributed by atoms with E-state index in [-0.39, 0.29) is 0 Å². The number of ether oxygens (including phenoxy) is 2. The second-order valence-corrected chi connectivity index (χ2v) is 8.06. The number of carboxylic acid groups (broad SMARTS) is 1. The third-order valence-electron chi connectivity index (χ3n) is 5.49. The van der Waals surface area contributed by atoms with Crippen molar-refractivity contribution in [3.63, 3.8) is 0 Å². The first-order valence-electron chi connectivity index (χ1n) is 9.97. The maximum absolute atomic E-state index is 13.2. The molecule has 0 radical (unpaired) electrons. The fourth-order valence-electron chi connectivity index (χ4n) is 3.72. The van der Waals surface area contributed by atoms with Gasteiger partial charge >= 0.3 is 5.97 Å². The number of anilines is 1. The lowest BCUT2D eigenvalue weighted by Gasteiger charge is -2.39. The van der Waals surface area contributed by atoms with Gasteiger partial charge in [-0.1, -0.05) is 41.9 Å². The number of fused-ring (bicyclic) bond motifs is 1. The van der Waals surface area contributed by atoms with Gasteiger partial charge in [-0.2, -0.15) is 0 Å². The quantitative estimate of drug-likeness (QED) is 0.495. The van der Waals surface area contributed by atoms with E-state index in [1.54, 1.807) is 42.5 Å². The minimum absolute atomic E-state index is 0.372. The number of aliphatic hydroxyl groups is 3. The van der Waals surface area contributed by atoms with Gasteiger partial charge in [-0.05, 0) is 18.2 Å². The first kappa shape index (κ1) is 23.3. The van der Waals surface area contributed by atoms with Crippen molar-refractivity contribution in [1.82, 2.24) is 0 Å². The zero-order valence-corrected chi connectivity index (χ0v) is 18.0. The molecule has 174 valence electrons. The molecule has 2 aliphatic rings. The SMILES string of the molecule is CN1C(=O)C(OC2O[C@H](C(=O)O)[C@@H](O)[C@H](O)[C@H]2O)N=C(c2ccccc2)c2cc(Cl)ccc21. The number of rotatable bonds is 4.